The highest BCUT2D eigenvalue weighted by atomic mass is 35.5. The molecule has 1 heterocycles. The lowest BCUT2D eigenvalue weighted by Crippen LogP contribution is -2.41. The van der Waals surface area contributed by atoms with E-state index in [9.17, 15) is 4.79 Å². The first-order chi connectivity index (χ1) is 10.6. The van der Waals surface area contributed by atoms with E-state index < -0.39 is 0 Å². The highest BCUT2D eigenvalue weighted by molar-refractivity contribution is 6.42. The van der Waals surface area contributed by atoms with Crippen molar-refractivity contribution < 1.29 is 4.79 Å². The lowest BCUT2D eigenvalue weighted by Gasteiger charge is -2.26. The molecule has 0 aromatic heterocycles. The van der Waals surface area contributed by atoms with E-state index in [1.807, 2.05) is 17.0 Å². The number of amides is 1. The Morgan fingerprint density at radius 1 is 1.27 bits per heavy atom. The second-order valence-electron chi connectivity index (χ2n) is 5.64. The molecule has 0 saturated carbocycles. The summed E-state index contributed by atoms with van der Waals surface area (Å²) in [4.78, 5) is 16.6. The number of halogens is 2. The van der Waals surface area contributed by atoms with E-state index in [1.165, 1.54) is 12.8 Å². The van der Waals surface area contributed by atoms with E-state index in [0.29, 0.717) is 23.1 Å². The lowest BCUT2D eigenvalue weighted by atomic mass is 10.2. The van der Waals surface area contributed by atoms with E-state index >= 15 is 0 Å². The highest BCUT2D eigenvalue weighted by Crippen LogP contribution is 2.23. The molecular formula is C16H23Cl2N3O. The van der Waals surface area contributed by atoms with Crippen molar-refractivity contribution in [3.63, 3.8) is 0 Å². The van der Waals surface area contributed by atoms with E-state index in [-0.39, 0.29) is 5.91 Å². The number of hydrogen-bond acceptors (Lipinski definition) is 3. The monoisotopic (exact) mass is 343 g/mol. The van der Waals surface area contributed by atoms with Gasteiger partial charge in [-0.3, -0.25) is 4.79 Å². The van der Waals surface area contributed by atoms with Gasteiger partial charge in [0.25, 0.3) is 0 Å². The summed E-state index contributed by atoms with van der Waals surface area (Å²) < 4.78 is 0. The number of likely N-dealkylation sites (N-methyl/N-ethyl adjacent to an activating group) is 1. The number of rotatable bonds is 7. The molecule has 122 valence electrons. The minimum absolute atomic E-state index is 0.104. The molecule has 1 fully saturated rings. The average molecular weight is 344 g/mol. The van der Waals surface area contributed by atoms with E-state index in [1.54, 1.807) is 13.1 Å². The Kier molecular flexibility index (Phi) is 6.96. The first-order valence-electron chi connectivity index (χ1n) is 7.69. The third-order valence-corrected chi connectivity index (χ3v) is 4.66. The van der Waals surface area contributed by atoms with Gasteiger partial charge in [-0.15, -0.1) is 0 Å². The Bertz CT molecular complexity index is 504. The quantitative estimate of drug-likeness (QED) is 0.826. The van der Waals surface area contributed by atoms with Gasteiger partial charge in [-0.05, 0) is 50.7 Å². The standard InChI is InChI=1S/C16H23Cl2N3O/c1-19-11-16(22)21(9-8-20-6-2-3-7-20)12-13-4-5-14(17)15(18)10-13/h4-5,10,19H,2-3,6-9,11-12H2,1H3. The summed E-state index contributed by atoms with van der Waals surface area (Å²) in [5, 5.41) is 4.00. The van der Waals surface area contributed by atoms with Gasteiger partial charge in [-0.1, -0.05) is 29.3 Å². The summed E-state index contributed by atoms with van der Waals surface area (Å²) in [6.07, 6.45) is 2.52. The Balaban J connectivity index is 1.99. The molecule has 0 radical (unpaired) electrons. The molecular weight excluding hydrogens is 321 g/mol. The summed E-state index contributed by atoms with van der Waals surface area (Å²) in [5.74, 6) is 0.104. The van der Waals surface area contributed by atoms with Gasteiger partial charge in [0.05, 0.1) is 16.6 Å². The maximum absolute atomic E-state index is 12.3. The first-order valence-corrected chi connectivity index (χ1v) is 8.44. The topological polar surface area (TPSA) is 35.6 Å². The molecule has 1 amide bonds. The van der Waals surface area contributed by atoms with E-state index in [4.69, 9.17) is 23.2 Å². The minimum Gasteiger partial charge on any atom is -0.336 e. The molecule has 0 atom stereocenters. The third kappa shape index (κ3) is 5.13. The van der Waals surface area contributed by atoms with Gasteiger partial charge in [0.1, 0.15) is 0 Å². The molecule has 4 nitrogen and oxygen atoms in total. The number of carbonyl (C=O) groups excluding carboxylic acids is 1. The number of benzene rings is 1. The van der Waals surface area contributed by atoms with Gasteiger partial charge >= 0.3 is 0 Å². The molecule has 1 saturated heterocycles. The predicted octanol–water partition coefficient (Wildman–Crippen LogP) is 2.64. The molecule has 1 aromatic carbocycles. The Morgan fingerprint density at radius 2 is 2.00 bits per heavy atom. The Labute approximate surface area is 142 Å². The van der Waals surface area contributed by atoms with Crippen LogP contribution in [0.1, 0.15) is 18.4 Å². The van der Waals surface area contributed by atoms with Crippen LogP contribution in [0.25, 0.3) is 0 Å². The Morgan fingerprint density at radius 3 is 2.64 bits per heavy atom. The van der Waals surface area contributed by atoms with Gasteiger partial charge in [0.2, 0.25) is 5.91 Å². The molecule has 0 spiro atoms. The van der Waals surface area contributed by atoms with Crippen LogP contribution in [-0.4, -0.2) is 55.5 Å². The Hall–Kier alpha value is -0.810. The van der Waals surface area contributed by atoms with Gasteiger partial charge < -0.3 is 15.1 Å². The van der Waals surface area contributed by atoms with Crippen molar-refractivity contribution in [1.82, 2.24) is 15.1 Å². The molecule has 22 heavy (non-hydrogen) atoms. The molecule has 2 rings (SSSR count). The molecule has 0 unspecified atom stereocenters. The minimum atomic E-state index is 0.104. The summed E-state index contributed by atoms with van der Waals surface area (Å²) in [6.45, 7) is 4.85. The number of likely N-dealkylation sites (tertiary alicyclic amines) is 1. The fraction of sp³-hybridized carbons (Fsp3) is 0.562. The zero-order valence-corrected chi connectivity index (χ0v) is 14.5. The predicted molar refractivity (Wildman–Crippen MR) is 91.5 cm³/mol. The van der Waals surface area contributed by atoms with Gasteiger partial charge in [-0.2, -0.15) is 0 Å². The van der Waals surface area contributed by atoms with Crippen LogP contribution in [0.2, 0.25) is 10.0 Å². The number of nitrogens with zero attached hydrogens (tertiary/aromatic N) is 2. The SMILES string of the molecule is CNCC(=O)N(CCN1CCCC1)Cc1ccc(Cl)c(Cl)c1. The van der Waals surface area contributed by atoms with E-state index in [0.717, 1.165) is 31.7 Å². The molecule has 1 aliphatic heterocycles. The molecule has 0 aliphatic carbocycles. The molecule has 1 N–H and O–H groups in total. The van der Waals surface area contributed by atoms with Gasteiger partial charge in [0, 0.05) is 19.6 Å². The number of hydrogen-bond donors (Lipinski definition) is 1. The summed E-state index contributed by atoms with van der Waals surface area (Å²) >= 11 is 12.0. The van der Waals surface area contributed by atoms with Crippen LogP contribution in [-0.2, 0) is 11.3 Å². The van der Waals surface area contributed by atoms with Crippen LogP contribution in [0, 0.1) is 0 Å². The van der Waals surface area contributed by atoms with Crippen molar-refractivity contribution >= 4 is 29.1 Å². The van der Waals surface area contributed by atoms with Crippen LogP contribution >= 0.6 is 23.2 Å². The zero-order valence-electron chi connectivity index (χ0n) is 12.9. The van der Waals surface area contributed by atoms with Crippen molar-refractivity contribution in [1.29, 1.82) is 0 Å². The van der Waals surface area contributed by atoms with Crippen molar-refractivity contribution in [3.8, 4) is 0 Å². The maximum atomic E-state index is 12.3. The molecule has 0 bridgehead atoms. The summed E-state index contributed by atoms with van der Waals surface area (Å²) in [5.41, 5.74) is 1.00. The van der Waals surface area contributed by atoms with Crippen LogP contribution < -0.4 is 5.32 Å². The highest BCUT2D eigenvalue weighted by Gasteiger charge is 2.17. The number of carbonyl (C=O) groups is 1. The summed E-state index contributed by atoms with van der Waals surface area (Å²) in [6, 6.07) is 5.53. The molecule has 1 aromatic rings. The van der Waals surface area contributed by atoms with Gasteiger partial charge in [0.15, 0.2) is 0 Å². The second kappa shape index (κ2) is 8.73. The van der Waals surface area contributed by atoms with Crippen molar-refractivity contribution in [3.05, 3.63) is 33.8 Å². The third-order valence-electron chi connectivity index (χ3n) is 3.92. The maximum Gasteiger partial charge on any atom is 0.236 e. The first kappa shape index (κ1) is 17.5. The van der Waals surface area contributed by atoms with Crippen molar-refractivity contribution in [2.75, 3.05) is 39.8 Å². The van der Waals surface area contributed by atoms with Crippen LogP contribution in [0.3, 0.4) is 0 Å². The molecule has 1 aliphatic rings. The fourth-order valence-corrected chi connectivity index (χ4v) is 3.00. The molecule has 6 heteroatoms. The largest absolute Gasteiger partial charge is 0.336 e. The smallest absolute Gasteiger partial charge is 0.236 e. The van der Waals surface area contributed by atoms with Crippen LogP contribution in [0.15, 0.2) is 18.2 Å². The normalized spacial score (nSPS) is 15.2. The summed E-state index contributed by atoms with van der Waals surface area (Å²) in [7, 11) is 1.79. The zero-order chi connectivity index (χ0) is 15.9. The van der Waals surface area contributed by atoms with Crippen molar-refractivity contribution in [2.24, 2.45) is 0 Å². The lowest BCUT2D eigenvalue weighted by molar-refractivity contribution is -0.131. The number of nitrogens with one attached hydrogen (secondary N) is 1. The average Bonchev–Trinajstić information content (AvgIpc) is 3.00. The van der Waals surface area contributed by atoms with Crippen molar-refractivity contribution in [2.45, 2.75) is 19.4 Å². The van der Waals surface area contributed by atoms with Crippen LogP contribution in [0.4, 0.5) is 0 Å². The van der Waals surface area contributed by atoms with Gasteiger partial charge in [-0.25, -0.2) is 0 Å². The fourth-order valence-electron chi connectivity index (χ4n) is 2.68. The van der Waals surface area contributed by atoms with Crippen LogP contribution in [0.5, 0.6) is 0 Å². The second-order valence-corrected chi connectivity index (χ2v) is 6.46. The van der Waals surface area contributed by atoms with E-state index in [2.05, 4.69) is 10.2 Å².